The predicted octanol–water partition coefficient (Wildman–Crippen LogP) is 5.68. The van der Waals surface area contributed by atoms with Crippen LogP contribution in [0, 0.1) is 0 Å². The Bertz CT molecular complexity index is 255. The van der Waals surface area contributed by atoms with E-state index in [-0.39, 0.29) is 5.60 Å². The fraction of sp³-hybridized carbons (Fsp3) is 0.714. The van der Waals surface area contributed by atoms with E-state index in [2.05, 4.69) is 78.4 Å². The van der Waals surface area contributed by atoms with Gasteiger partial charge in [-0.2, -0.15) is 0 Å². The normalized spacial score (nSPS) is 16.8. The molecule has 0 spiro atoms. The van der Waals surface area contributed by atoms with Crippen LogP contribution in [-0.2, 0) is 4.43 Å². The van der Waals surface area contributed by atoms with Crippen LogP contribution in [0.4, 0.5) is 0 Å². The van der Waals surface area contributed by atoms with Crippen LogP contribution in [0.1, 0.15) is 39.5 Å². The van der Waals surface area contributed by atoms with Gasteiger partial charge in [0.05, 0.1) is 5.60 Å². The van der Waals surface area contributed by atoms with E-state index in [1.165, 1.54) is 12.8 Å². The average molecular weight is 366 g/mol. The summed E-state index contributed by atoms with van der Waals surface area (Å²) in [5, 5.41) is 0. The number of halogens is 1. The summed E-state index contributed by atoms with van der Waals surface area (Å²) in [5.74, 6) is 0. The topological polar surface area (TPSA) is 9.23 Å². The molecule has 0 aliphatic carbocycles. The van der Waals surface area contributed by atoms with E-state index in [0.29, 0.717) is 0 Å². The summed E-state index contributed by atoms with van der Waals surface area (Å²) in [6, 6.07) is 0. The van der Waals surface area contributed by atoms with Crippen LogP contribution in [0.5, 0.6) is 0 Å². The number of allylic oxidation sites excluding steroid dienone is 1. The van der Waals surface area contributed by atoms with Crippen LogP contribution < -0.4 is 0 Å². The van der Waals surface area contributed by atoms with E-state index in [4.69, 9.17) is 4.43 Å². The maximum atomic E-state index is 6.47. The molecule has 0 aliphatic rings. The van der Waals surface area contributed by atoms with Crippen molar-refractivity contribution in [1.29, 1.82) is 0 Å². The molecule has 0 aliphatic heterocycles. The van der Waals surface area contributed by atoms with Gasteiger partial charge in [0, 0.05) is 0 Å². The summed E-state index contributed by atoms with van der Waals surface area (Å²) in [7, 11) is -1.52. The zero-order valence-corrected chi connectivity index (χ0v) is 15.1. The van der Waals surface area contributed by atoms with Gasteiger partial charge in [-0.15, -0.1) is 0 Å². The Morgan fingerprint density at radius 1 is 1.29 bits per heavy atom. The minimum absolute atomic E-state index is 0.0725. The third-order valence-corrected chi connectivity index (χ3v) is 4.01. The number of hydrogen-bond acceptors (Lipinski definition) is 1. The highest BCUT2D eigenvalue weighted by atomic mass is 127. The van der Waals surface area contributed by atoms with Crippen molar-refractivity contribution in [1.82, 2.24) is 0 Å². The number of hydrogen-bond donors (Lipinski definition) is 0. The highest BCUT2D eigenvalue weighted by Gasteiger charge is 2.31. The molecule has 0 heterocycles. The molecule has 1 atom stereocenters. The van der Waals surface area contributed by atoms with Crippen molar-refractivity contribution in [3.8, 4) is 0 Å². The highest BCUT2D eigenvalue weighted by Crippen LogP contribution is 2.30. The second-order valence-electron chi connectivity index (χ2n) is 5.45. The minimum Gasteiger partial charge on any atom is -0.408 e. The Kier molecular flexibility index (Phi) is 8.68. The fourth-order valence-corrected chi connectivity index (χ4v) is 3.74. The first-order valence-corrected chi connectivity index (χ1v) is 11.1. The Morgan fingerprint density at radius 3 is 2.35 bits per heavy atom. The van der Waals surface area contributed by atoms with Crippen molar-refractivity contribution in [2.24, 2.45) is 0 Å². The molecule has 0 aromatic rings. The molecule has 1 unspecified atom stereocenters. The van der Waals surface area contributed by atoms with Gasteiger partial charge in [-0.1, -0.05) is 60.6 Å². The smallest absolute Gasteiger partial charge is 0.184 e. The molecule has 0 radical (unpaired) electrons. The number of unbranched alkanes of at least 4 members (excludes halogenated alkanes) is 1. The Hall–Kier alpha value is 0.387. The molecule has 1 nitrogen and oxygen atoms in total. The lowest BCUT2D eigenvalue weighted by molar-refractivity contribution is 0.102. The Morgan fingerprint density at radius 2 is 1.94 bits per heavy atom. The van der Waals surface area contributed by atoms with E-state index in [1.54, 1.807) is 0 Å². The molecule has 0 aromatic carbocycles. The lowest BCUT2D eigenvalue weighted by atomic mass is 9.92. The predicted molar refractivity (Wildman–Crippen MR) is 89.3 cm³/mol. The molecule has 17 heavy (non-hydrogen) atoms. The fourth-order valence-electron chi connectivity index (χ4n) is 2.01. The SMILES string of the molecule is CC=CC(CC=CI)(CCCC)O[Si](C)(C)C. The number of rotatable bonds is 8. The largest absolute Gasteiger partial charge is 0.408 e. The van der Waals surface area contributed by atoms with Crippen LogP contribution in [0.3, 0.4) is 0 Å². The van der Waals surface area contributed by atoms with Crippen LogP contribution in [0.25, 0.3) is 0 Å². The van der Waals surface area contributed by atoms with Crippen molar-refractivity contribution in [3.05, 3.63) is 22.3 Å². The maximum absolute atomic E-state index is 6.47. The summed E-state index contributed by atoms with van der Waals surface area (Å²) in [6.07, 6.45) is 11.2. The first-order valence-electron chi connectivity index (χ1n) is 6.48. The monoisotopic (exact) mass is 366 g/mol. The summed E-state index contributed by atoms with van der Waals surface area (Å²) in [4.78, 5) is 0. The van der Waals surface area contributed by atoms with Gasteiger partial charge >= 0.3 is 0 Å². The molecule has 0 aromatic heterocycles. The Balaban J connectivity index is 4.93. The van der Waals surface area contributed by atoms with E-state index in [1.807, 2.05) is 0 Å². The van der Waals surface area contributed by atoms with Crippen molar-refractivity contribution in [3.63, 3.8) is 0 Å². The molecule has 3 heteroatoms. The highest BCUT2D eigenvalue weighted by molar-refractivity contribution is 14.1. The molecule has 0 fully saturated rings. The zero-order chi connectivity index (χ0) is 13.4. The Labute approximate surface area is 122 Å². The van der Waals surface area contributed by atoms with Gasteiger partial charge in [0.15, 0.2) is 8.32 Å². The van der Waals surface area contributed by atoms with Crippen molar-refractivity contribution in [2.75, 3.05) is 0 Å². The third-order valence-electron chi connectivity index (χ3n) is 2.49. The first kappa shape index (κ1) is 17.4. The molecule has 0 N–H and O–H groups in total. The molecule has 0 saturated carbocycles. The standard InChI is InChI=1S/C14H27IOSi/c1-6-8-11-14(10-7-2,12-9-13-15)16-17(3,4)5/h7,9-10,13H,6,8,11-12H2,1-5H3. The van der Waals surface area contributed by atoms with Gasteiger partial charge in [-0.25, -0.2) is 0 Å². The molecule has 0 amide bonds. The maximum Gasteiger partial charge on any atom is 0.184 e. The molecule has 0 saturated heterocycles. The van der Waals surface area contributed by atoms with Gasteiger partial charge in [0.1, 0.15) is 0 Å². The minimum atomic E-state index is -1.52. The third kappa shape index (κ3) is 8.16. The molecule has 0 bridgehead atoms. The second kappa shape index (κ2) is 8.48. The van der Waals surface area contributed by atoms with E-state index in [0.717, 1.165) is 12.8 Å². The molecular formula is C14H27IOSi. The second-order valence-corrected chi connectivity index (χ2v) is 10.6. The van der Waals surface area contributed by atoms with E-state index >= 15 is 0 Å². The summed E-state index contributed by atoms with van der Waals surface area (Å²) in [6.45, 7) is 11.1. The summed E-state index contributed by atoms with van der Waals surface area (Å²) < 4.78 is 8.56. The molecular weight excluding hydrogens is 339 g/mol. The average Bonchev–Trinajstić information content (AvgIpc) is 2.22. The quantitative estimate of drug-likeness (QED) is 0.305. The van der Waals surface area contributed by atoms with Gasteiger partial charge in [-0.3, -0.25) is 0 Å². The lowest BCUT2D eigenvalue weighted by Gasteiger charge is -2.36. The van der Waals surface area contributed by atoms with Gasteiger partial charge < -0.3 is 4.43 Å². The van der Waals surface area contributed by atoms with Gasteiger partial charge in [0.2, 0.25) is 0 Å². The summed E-state index contributed by atoms with van der Waals surface area (Å²) >= 11 is 2.28. The van der Waals surface area contributed by atoms with Crippen molar-refractivity contribution >= 4 is 30.9 Å². The summed E-state index contributed by atoms with van der Waals surface area (Å²) in [5.41, 5.74) is -0.0725. The van der Waals surface area contributed by atoms with Crippen LogP contribution in [0.15, 0.2) is 22.3 Å². The molecule has 100 valence electrons. The lowest BCUT2D eigenvalue weighted by Crippen LogP contribution is -2.41. The molecule has 0 rings (SSSR count). The van der Waals surface area contributed by atoms with E-state index < -0.39 is 8.32 Å². The van der Waals surface area contributed by atoms with Gasteiger partial charge in [-0.05, 0) is 43.5 Å². The van der Waals surface area contributed by atoms with Crippen molar-refractivity contribution in [2.45, 2.75) is 64.8 Å². The van der Waals surface area contributed by atoms with Crippen LogP contribution in [0.2, 0.25) is 19.6 Å². The zero-order valence-electron chi connectivity index (χ0n) is 11.9. The van der Waals surface area contributed by atoms with E-state index in [9.17, 15) is 0 Å². The van der Waals surface area contributed by atoms with Gasteiger partial charge in [0.25, 0.3) is 0 Å². The first-order chi connectivity index (χ1) is 7.89. The van der Waals surface area contributed by atoms with Crippen LogP contribution >= 0.6 is 22.6 Å². The van der Waals surface area contributed by atoms with Crippen molar-refractivity contribution < 1.29 is 4.43 Å². The van der Waals surface area contributed by atoms with Crippen LogP contribution in [-0.4, -0.2) is 13.9 Å².